The molecule has 2 unspecified atom stereocenters. The highest BCUT2D eigenvalue weighted by atomic mass is 127. The predicted octanol–water partition coefficient (Wildman–Crippen LogP) is 1.71. The molecule has 0 bridgehead atoms. The topological polar surface area (TPSA) is 98.2 Å². The van der Waals surface area contributed by atoms with Gasteiger partial charge in [-0.15, -0.1) is 0 Å². The van der Waals surface area contributed by atoms with Crippen molar-refractivity contribution >= 4 is 34.4 Å². The van der Waals surface area contributed by atoms with Crippen molar-refractivity contribution in [2.45, 2.75) is 51.1 Å². The SMILES string of the molecule is CC(CCC(N)C(N)=O)NC(=O)CCCc1ccc(I)cc1. The second kappa shape index (κ2) is 9.78. The number of carbonyl (C=O) groups excluding carboxylic acids is 2. The fraction of sp³-hybridized carbons (Fsp3) is 0.500. The Hall–Kier alpha value is -1.15. The van der Waals surface area contributed by atoms with E-state index in [0.717, 1.165) is 12.8 Å². The Morgan fingerprint density at radius 1 is 1.23 bits per heavy atom. The highest BCUT2D eigenvalue weighted by molar-refractivity contribution is 14.1. The average Bonchev–Trinajstić information content (AvgIpc) is 2.46. The van der Waals surface area contributed by atoms with E-state index in [9.17, 15) is 9.59 Å². The first-order chi connectivity index (χ1) is 10.4. The molecule has 0 spiro atoms. The molecule has 2 amide bonds. The number of benzene rings is 1. The van der Waals surface area contributed by atoms with E-state index in [1.165, 1.54) is 9.13 Å². The molecule has 122 valence electrons. The van der Waals surface area contributed by atoms with Crippen molar-refractivity contribution in [3.05, 3.63) is 33.4 Å². The summed E-state index contributed by atoms with van der Waals surface area (Å²) in [5, 5.41) is 2.92. The van der Waals surface area contributed by atoms with Gasteiger partial charge >= 0.3 is 0 Å². The summed E-state index contributed by atoms with van der Waals surface area (Å²) in [6.07, 6.45) is 3.34. The quantitative estimate of drug-likeness (QED) is 0.534. The number of nitrogens with two attached hydrogens (primary N) is 2. The smallest absolute Gasteiger partial charge is 0.234 e. The molecule has 5 N–H and O–H groups in total. The minimum absolute atomic E-state index is 0.00352. The Labute approximate surface area is 145 Å². The number of nitrogens with one attached hydrogen (secondary N) is 1. The molecule has 0 aliphatic heterocycles. The van der Waals surface area contributed by atoms with Crippen LogP contribution in [0.1, 0.15) is 38.2 Å². The third-order valence-electron chi connectivity index (χ3n) is 3.47. The summed E-state index contributed by atoms with van der Waals surface area (Å²) in [5.74, 6) is -0.471. The first-order valence-electron chi connectivity index (χ1n) is 7.47. The monoisotopic (exact) mass is 417 g/mol. The molecular formula is C16H24IN3O2. The predicted molar refractivity (Wildman–Crippen MR) is 96.1 cm³/mol. The molecule has 1 aromatic rings. The lowest BCUT2D eigenvalue weighted by atomic mass is 10.1. The fourth-order valence-electron chi connectivity index (χ4n) is 2.10. The van der Waals surface area contributed by atoms with Gasteiger partial charge in [0.25, 0.3) is 0 Å². The van der Waals surface area contributed by atoms with Crippen LogP contribution in [0.25, 0.3) is 0 Å². The average molecular weight is 417 g/mol. The van der Waals surface area contributed by atoms with Crippen LogP contribution >= 0.6 is 22.6 Å². The van der Waals surface area contributed by atoms with Gasteiger partial charge in [0.2, 0.25) is 11.8 Å². The number of hydrogen-bond acceptors (Lipinski definition) is 3. The molecule has 0 aliphatic rings. The third kappa shape index (κ3) is 7.74. The van der Waals surface area contributed by atoms with Crippen LogP contribution < -0.4 is 16.8 Å². The van der Waals surface area contributed by atoms with Crippen LogP contribution in [0.3, 0.4) is 0 Å². The van der Waals surface area contributed by atoms with Gasteiger partial charge in [0.05, 0.1) is 6.04 Å². The molecule has 1 aromatic carbocycles. The number of halogens is 1. The summed E-state index contributed by atoms with van der Waals surface area (Å²) in [4.78, 5) is 22.7. The standard InChI is InChI=1S/C16H24IN3O2/c1-11(5-10-14(18)16(19)22)20-15(21)4-2-3-12-6-8-13(17)9-7-12/h6-9,11,14H,2-5,10,18H2,1H3,(H2,19,22)(H,20,21). The van der Waals surface area contributed by atoms with E-state index in [0.29, 0.717) is 19.3 Å². The van der Waals surface area contributed by atoms with Gasteiger partial charge < -0.3 is 16.8 Å². The molecule has 5 nitrogen and oxygen atoms in total. The molecule has 0 saturated carbocycles. The van der Waals surface area contributed by atoms with Gasteiger partial charge in [-0.3, -0.25) is 9.59 Å². The molecule has 0 radical (unpaired) electrons. The molecule has 0 heterocycles. The van der Waals surface area contributed by atoms with E-state index in [4.69, 9.17) is 11.5 Å². The van der Waals surface area contributed by atoms with Crippen LogP contribution in [0.4, 0.5) is 0 Å². The highest BCUT2D eigenvalue weighted by Gasteiger charge is 2.12. The Morgan fingerprint density at radius 2 is 1.86 bits per heavy atom. The first-order valence-corrected chi connectivity index (χ1v) is 8.55. The van der Waals surface area contributed by atoms with Gasteiger partial charge in [0.1, 0.15) is 0 Å². The number of amides is 2. The van der Waals surface area contributed by atoms with E-state index >= 15 is 0 Å². The van der Waals surface area contributed by atoms with Crippen LogP contribution in [0.2, 0.25) is 0 Å². The Morgan fingerprint density at radius 3 is 2.45 bits per heavy atom. The van der Waals surface area contributed by atoms with E-state index in [1.54, 1.807) is 0 Å². The molecule has 0 aromatic heterocycles. The number of carbonyl (C=O) groups is 2. The van der Waals surface area contributed by atoms with Crippen molar-refractivity contribution in [2.24, 2.45) is 11.5 Å². The maximum absolute atomic E-state index is 11.8. The summed E-state index contributed by atoms with van der Waals surface area (Å²) in [5.41, 5.74) is 11.9. The Balaban J connectivity index is 2.19. The van der Waals surface area contributed by atoms with Gasteiger partial charge in [-0.25, -0.2) is 0 Å². The van der Waals surface area contributed by atoms with Crippen molar-refractivity contribution in [1.29, 1.82) is 0 Å². The second-order valence-corrected chi connectivity index (χ2v) is 6.78. The van der Waals surface area contributed by atoms with Crippen LogP contribution in [0.15, 0.2) is 24.3 Å². The van der Waals surface area contributed by atoms with E-state index in [1.807, 2.05) is 6.92 Å². The van der Waals surface area contributed by atoms with Gasteiger partial charge in [-0.05, 0) is 72.9 Å². The number of rotatable bonds is 9. The van der Waals surface area contributed by atoms with Crippen molar-refractivity contribution < 1.29 is 9.59 Å². The zero-order valence-corrected chi connectivity index (χ0v) is 15.0. The third-order valence-corrected chi connectivity index (χ3v) is 4.19. The Bertz CT molecular complexity index is 491. The normalized spacial score (nSPS) is 13.4. The molecule has 6 heteroatoms. The van der Waals surface area contributed by atoms with Crippen LogP contribution in [-0.2, 0) is 16.0 Å². The number of primary amides is 1. The van der Waals surface area contributed by atoms with Crippen LogP contribution in [0, 0.1) is 3.57 Å². The molecule has 22 heavy (non-hydrogen) atoms. The lowest BCUT2D eigenvalue weighted by Gasteiger charge is -2.15. The van der Waals surface area contributed by atoms with E-state index in [-0.39, 0.29) is 11.9 Å². The van der Waals surface area contributed by atoms with Gasteiger partial charge in [0.15, 0.2) is 0 Å². The van der Waals surface area contributed by atoms with Crippen molar-refractivity contribution in [2.75, 3.05) is 0 Å². The van der Waals surface area contributed by atoms with Crippen molar-refractivity contribution in [1.82, 2.24) is 5.32 Å². The van der Waals surface area contributed by atoms with E-state index < -0.39 is 11.9 Å². The fourth-order valence-corrected chi connectivity index (χ4v) is 2.45. The number of aryl methyl sites for hydroxylation is 1. The minimum Gasteiger partial charge on any atom is -0.368 e. The summed E-state index contributed by atoms with van der Waals surface area (Å²) in [7, 11) is 0. The molecule has 2 atom stereocenters. The molecule has 1 rings (SSSR count). The van der Waals surface area contributed by atoms with Gasteiger partial charge in [0, 0.05) is 16.0 Å². The first kappa shape index (κ1) is 18.9. The second-order valence-electron chi connectivity index (χ2n) is 5.53. The summed E-state index contributed by atoms with van der Waals surface area (Å²) < 4.78 is 1.21. The molecule has 0 fully saturated rings. The maximum Gasteiger partial charge on any atom is 0.234 e. The Kier molecular flexibility index (Phi) is 8.40. The molecule has 0 saturated heterocycles. The zero-order valence-electron chi connectivity index (χ0n) is 12.8. The lowest BCUT2D eigenvalue weighted by Crippen LogP contribution is -2.39. The maximum atomic E-state index is 11.8. The van der Waals surface area contributed by atoms with Gasteiger partial charge in [-0.1, -0.05) is 12.1 Å². The van der Waals surface area contributed by atoms with Crippen LogP contribution in [0.5, 0.6) is 0 Å². The van der Waals surface area contributed by atoms with E-state index in [2.05, 4.69) is 52.2 Å². The summed E-state index contributed by atoms with van der Waals surface area (Å²) in [6.45, 7) is 1.91. The highest BCUT2D eigenvalue weighted by Crippen LogP contribution is 2.09. The van der Waals surface area contributed by atoms with Gasteiger partial charge in [-0.2, -0.15) is 0 Å². The molecule has 0 aliphatic carbocycles. The summed E-state index contributed by atoms with van der Waals surface area (Å²) in [6, 6.07) is 7.68. The lowest BCUT2D eigenvalue weighted by molar-refractivity contribution is -0.121. The van der Waals surface area contributed by atoms with Crippen molar-refractivity contribution in [3.8, 4) is 0 Å². The van der Waals surface area contributed by atoms with Crippen LogP contribution in [-0.4, -0.2) is 23.9 Å². The van der Waals surface area contributed by atoms with Crippen molar-refractivity contribution in [3.63, 3.8) is 0 Å². The minimum atomic E-state index is -0.639. The number of hydrogen-bond donors (Lipinski definition) is 3. The molecular weight excluding hydrogens is 393 g/mol. The largest absolute Gasteiger partial charge is 0.368 e. The zero-order chi connectivity index (χ0) is 16.5. The summed E-state index contributed by atoms with van der Waals surface area (Å²) >= 11 is 2.27.